The fourth-order valence-electron chi connectivity index (χ4n) is 3.04. The number of rotatable bonds is 3. The fourth-order valence-corrected chi connectivity index (χ4v) is 3.18. The maximum Gasteiger partial charge on any atom is 0.274 e. The molecule has 2 aromatic rings. The Hall–Kier alpha value is -1.82. The van der Waals surface area contributed by atoms with Crippen LogP contribution >= 0.6 is 11.6 Å². The van der Waals surface area contributed by atoms with Crippen LogP contribution in [-0.4, -0.2) is 43.5 Å². The highest BCUT2D eigenvalue weighted by molar-refractivity contribution is 6.31. The van der Waals surface area contributed by atoms with Crippen molar-refractivity contribution in [3.63, 3.8) is 0 Å². The van der Waals surface area contributed by atoms with Gasteiger partial charge in [-0.2, -0.15) is 10.2 Å². The topological polar surface area (TPSA) is 56.0 Å². The molecule has 0 unspecified atom stereocenters. The molecule has 0 radical (unpaired) electrons. The Labute approximate surface area is 141 Å². The van der Waals surface area contributed by atoms with E-state index in [1.54, 1.807) is 15.4 Å². The lowest BCUT2D eigenvalue weighted by atomic mass is 10.0. The van der Waals surface area contributed by atoms with Crippen molar-refractivity contribution in [1.82, 2.24) is 24.5 Å². The summed E-state index contributed by atoms with van der Waals surface area (Å²) in [4.78, 5) is 14.4. The second-order valence-corrected chi connectivity index (χ2v) is 6.74. The van der Waals surface area contributed by atoms with E-state index in [2.05, 4.69) is 17.1 Å². The highest BCUT2D eigenvalue weighted by atomic mass is 35.5. The molecule has 7 heteroatoms. The van der Waals surface area contributed by atoms with Gasteiger partial charge in [0, 0.05) is 19.3 Å². The molecule has 1 fully saturated rings. The Morgan fingerprint density at radius 2 is 2.17 bits per heavy atom. The molecule has 1 amide bonds. The molecule has 0 aromatic carbocycles. The van der Waals surface area contributed by atoms with Gasteiger partial charge in [-0.3, -0.25) is 9.48 Å². The van der Waals surface area contributed by atoms with Crippen molar-refractivity contribution in [3.8, 4) is 0 Å². The van der Waals surface area contributed by atoms with Crippen LogP contribution < -0.4 is 0 Å². The second-order valence-electron chi connectivity index (χ2n) is 6.36. The first-order chi connectivity index (χ1) is 11.0. The molecule has 0 spiro atoms. The van der Waals surface area contributed by atoms with E-state index in [-0.39, 0.29) is 5.91 Å². The lowest BCUT2D eigenvalue weighted by Gasteiger charge is -2.30. The molecule has 0 saturated carbocycles. The zero-order valence-electron chi connectivity index (χ0n) is 13.8. The number of likely N-dealkylation sites (tertiary alicyclic amines) is 1. The van der Waals surface area contributed by atoms with Crippen LogP contribution in [0.5, 0.6) is 0 Å². The number of amides is 1. The normalized spacial score (nSPS) is 18.4. The molecule has 0 aliphatic carbocycles. The van der Waals surface area contributed by atoms with Gasteiger partial charge in [0.05, 0.1) is 16.4 Å². The first-order valence-electron chi connectivity index (χ1n) is 7.98. The van der Waals surface area contributed by atoms with Crippen LogP contribution in [0.25, 0.3) is 0 Å². The van der Waals surface area contributed by atoms with Crippen LogP contribution in [0.4, 0.5) is 0 Å². The highest BCUT2D eigenvalue weighted by Gasteiger charge is 2.23. The number of aryl methyl sites for hydroxylation is 1. The van der Waals surface area contributed by atoms with Crippen molar-refractivity contribution in [1.29, 1.82) is 0 Å². The van der Waals surface area contributed by atoms with E-state index in [0.29, 0.717) is 23.3 Å². The van der Waals surface area contributed by atoms with Crippen LogP contribution in [0.1, 0.15) is 41.6 Å². The number of aromatic nitrogens is 4. The average molecular weight is 336 g/mol. The minimum Gasteiger partial charge on any atom is -0.337 e. The minimum absolute atomic E-state index is 0.0155. The van der Waals surface area contributed by atoms with Crippen molar-refractivity contribution in [3.05, 3.63) is 34.4 Å². The summed E-state index contributed by atoms with van der Waals surface area (Å²) < 4.78 is 3.51. The smallest absolute Gasteiger partial charge is 0.274 e. The summed E-state index contributed by atoms with van der Waals surface area (Å²) in [5.74, 6) is 0.577. The molecular formula is C16H22ClN5O. The zero-order valence-corrected chi connectivity index (χ0v) is 14.5. The van der Waals surface area contributed by atoms with Crippen LogP contribution in [0.2, 0.25) is 5.02 Å². The van der Waals surface area contributed by atoms with Crippen molar-refractivity contribution >= 4 is 17.5 Å². The number of nitrogens with zero attached hydrogens (tertiary/aromatic N) is 5. The molecule has 3 rings (SSSR count). The van der Waals surface area contributed by atoms with Gasteiger partial charge in [0.15, 0.2) is 0 Å². The van der Waals surface area contributed by atoms with Gasteiger partial charge in [0.25, 0.3) is 5.91 Å². The fraction of sp³-hybridized carbons (Fsp3) is 0.562. The predicted molar refractivity (Wildman–Crippen MR) is 88.6 cm³/mol. The molecule has 124 valence electrons. The Balaban J connectivity index is 1.72. The van der Waals surface area contributed by atoms with Gasteiger partial charge in [-0.15, -0.1) is 0 Å². The maximum atomic E-state index is 12.5. The number of piperidine rings is 1. The monoisotopic (exact) mass is 335 g/mol. The van der Waals surface area contributed by atoms with Gasteiger partial charge in [-0.1, -0.05) is 18.5 Å². The van der Waals surface area contributed by atoms with E-state index in [0.717, 1.165) is 30.9 Å². The van der Waals surface area contributed by atoms with Crippen molar-refractivity contribution < 1.29 is 4.79 Å². The summed E-state index contributed by atoms with van der Waals surface area (Å²) in [7, 11) is 0. The van der Waals surface area contributed by atoms with Crippen LogP contribution in [0.15, 0.2) is 12.3 Å². The van der Waals surface area contributed by atoms with Crippen molar-refractivity contribution in [2.45, 2.75) is 40.3 Å². The van der Waals surface area contributed by atoms with E-state index in [1.165, 1.54) is 6.42 Å². The van der Waals surface area contributed by atoms with Crippen LogP contribution in [0.3, 0.4) is 0 Å². The summed E-state index contributed by atoms with van der Waals surface area (Å²) in [6.07, 6.45) is 4.07. The lowest BCUT2D eigenvalue weighted by Crippen LogP contribution is -2.39. The zero-order chi connectivity index (χ0) is 16.6. The van der Waals surface area contributed by atoms with Crippen LogP contribution in [-0.2, 0) is 6.67 Å². The average Bonchev–Trinajstić information content (AvgIpc) is 3.08. The predicted octanol–water partition coefficient (Wildman–Crippen LogP) is 2.73. The molecule has 1 atom stereocenters. The van der Waals surface area contributed by atoms with Gasteiger partial charge in [0.2, 0.25) is 0 Å². The van der Waals surface area contributed by atoms with E-state index in [9.17, 15) is 4.79 Å². The standard InChI is InChI=1S/C16H22ClN5O/c1-11-5-4-7-20(9-11)16(23)14-6-8-21(19-14)10-22-13(3)15(17)12(2)18-22/h6,8,11H,4-5,7,9-10H2,1-3H3/t11-/m0/s1. The van der Waals surface area contributed by atoms with Gasteiger partial charge in [0.1, 0.15) is 12.4 Å². The molecule has 0 N–H and O–H groups in total. The summed E-state index contributed by atoms with van der Waals surface area (Å²) in [5.41, 5.74) is 2.19. The molecule has 2 aromatic heterocycles. The largest absolute Gasteiger partial charge is 0.337 e. The van der Waals surface area contributed by atoms with E-state index < -0.39 is 0 Å². The number of halogens is 1. The minimum atomic E-state index is 0.0155. The first kappa shape index (κ1) is 16.1. The highest BCUT2D eigenvalue weighted by Crippen LogP contribution is 2.19. The van der Waals surface area contributed by atoms with Crippen molar-refractivity contribution in [2.24, 2.45) is 5.92 Å². The van der Waals surface area contributed by atoms with E-state index in [4.69, 9.17) is 11.6 Å². The second kappa shape index (κ2) is 6.35. The van der Waals surface area contributed by atoms with Crippen LogP contribution in [0, 0.1) is 19.8 Å². The Morgan fingerprint density at radius 1 is 1.39 bits per heavy atom. The molecule has 0 bridgehead atoms. The summed E-state index contributed by atoms with van der Waals surface area (Å²) in [6, 6.07) is 1.77. The summed E-state index contributed by atoms with van der Waals surface area (Å²) in [6.45, 7) is 8.07. The Bertz CT molecular complexity index is 720. The number of hydrogen-bond donors (Lipinski definition) is 0. The van der Waals surface area contributed by atoms with Gasteiger partial charge in [-0.25, -0.2) is 4.68 Å². The summed E-state index contributed by atoms with van der Waals surface area (Å²) >= 11 is 6.16. The third kappa shape index (κ3) is 3.27. The molecule has 1 aliphatic rings. The SMILES string of the molecule is Cc1nn(Cn2ccc(C(=O)N3CCC[C@H](C)C3)n2)c(C)c1Cl. The van der Waals surface area contributed by atoms with E-state index in [1.807, 2.05) is 24.9 Å². The summed E-state index contributed by atoms with van der Waals surface area (Å²) in [5, 5.41) is 9.47. The maximum absolute atomic E-state index is 12.5. The van der Waals surface area contributed by atoms with Gasteiger partial charge in [-0.05, 0) is 38.7 Å². The number of carbonyl (C=O) groups is 1. The van der Waals surface area contributed by atoms with E-state index >= 15 is 0 Å². The molecule has 23 heavy (non-hydrogen) atoms. The third-order valence-corrected chi connectivity index (χ3v) is 4.92. The Kier molecular flexibility index (Phi) is 4.43. The third-order valence-electron chi connectivity index (χ3n) is 4.38. The number of hydrogen-bond acceptors (Lipinski definition) is 3. The molecule has 3 heterocycles. The molecule has 1 aliphatic heterocycles. The molecular weight excluding hydrogens is 314 g/mol. The van der Waals surface area contributed by atoms with Crippen molar-refractivity contribution in [2.75, 3.05) is 13.1 Å². The number of carbonyl (C=O) groups excluding carboxylic acids is 1. The quantitative estimate of drug-likeness (QED) is 0.866. The first-order valence-corrected chi connectivity index (χ1v) is 8.35. The molecule has 6 nitrogen and oxygen atoms in total. The van der Waals surface area contributed by atoms with Gasteiger partial charge < -0.3 is 4.90 Å². The molecule has 1 saturated heterocycles. The lowest BCUT2D eigenvalue weighted by molar-refractivity contribution is 0.0676. The Morgan fingerprint density at radius 3 is 2.83 bits per heavy atom. The van der Waals surface area contributed by atoms with Gasteiger partial charge >= 0.3 is 0 Å².